The molecule has 20 heavy (non-hydrogen) atoms. The Labute approximate surface area is 115 Å². The van der Waals surface area contributed by atoms with Crippen molar-refractivity contribution < 1.29 is 13.9 Å². The van der Waals surface area contributed by atoms with Crippen molar-refractivity contribution in [2.24, 2.45) is 0 Å². The summed E-state index contributed by atoms with van der Waals surface area (Å²) in [5, 5.41) is 5.60. The van der Waals surface area contributed by atoms with E-state index >= 15 is 0 Å². The van der Waals surface area contributed by atoms with Crippen molar-refractivity contribution in [2.75, 3.05) is 17.7 Å². The molecule has 2 aromatic rings. The minimum Gasteiger partial charge on any atom is -0.453 e. The number of aromatic nitrogens is 1. The van der Waals surface area contributed by atoms with Gasteiger partial charge in [0.05, 0.1) is 19.0 Å². The molecule has 0 saturated carbocycles. The number of amides is 1. The number of hydrogen-bond acceptors (Lipinski definition) is 4. The van der Waals surface area contributed by atoms with E-state index in [1.54, 1.807) is 24.3 Å². The van der Waals surface area contributed by atoms with Crippen LogP contribution >= 0.6 is 0 Å². The number of benzene rings is 1. The highest BCUT2D eigenvalue weighted by atomic mass is 19.1. The van der Waals surface area contributed by atoms with Crippen LogP contribution in [0.15, 0.2) is 42.6 Å². The average molecular weight is 275 g/mol. The first-order valence-corrected chi connectivity index (χ1v) is 5.97. The summed E-state index contributed by atoms with van der Waals surface area (Å²) in [6.07, 6.45) is 0.975. The Balaban J connectivity index is 1.90. The molecule has 0 bridgehead atoms. The standard InChI is InChI=1S/C14H14FN3O2/c1-20-14(19)18-12-6-7-13(17-9-12)16-8-10-2-4-11(15)5-3-10/h2-7,9H,8H2,1H3,(H,16,17)(H,18,19). The van der Waals surface area contributed by atoms with Gasteiger partial charge >= 0.3 is 6.09 Å². The number of carbonyl (C=O) groups excluding carboxylic acids is 1. The van der Waals surface area contributed by atoms with Gasteiger partial charge in [0.1, 0.15) is 11.6 Å². The Bertz CT molecular complexity index is 570. The largest absolute Gasteiger partial charge is 0.453 e. The molecule has 0 spiro atoms. The van der Waals surface area contributed by atoms with Crippen LogP contribution in [0.1, 0.15) is 5.56 Å². The lowest BCUT2D eigenvalue weighted by Crippen LogP contribution is -2.11. The molecule has 104 valence electrons. The van der Waals surface area contributed by atoms with Gasteiger partial charge in [-0.05, 0) is 29.8 Å². The number of ether oxygens (including phenoxy) is 1. The van der Waals surface area contributed by atoms with Crippen LogP contribution in [-0.4, -0.2) is 18.2 Å². The van der Waals surface area contributed by atoms with Crippen molar-refractivity contribution >= 4 is 17.6 Å². The maximum absolute atomic E-state index is 12.8. The zero-order chi connectivity index (χ0) is 14.4. The van der Waals surface area contributed by atoms with Crippen molar-refractivity contribution in [1.29, 1.82) is 0 Å². The van der Waals surface area contributed by atoms with E-state index in [0.29, 0.717) is 18.1 Å². The minimum atomic E-state index is -0.543. The summed E-state index contributed by atoms with van der Waals surface area (Å²) in [6, 6.07) is 9.67. The first-order valence-electron chi connectivity index (χ1n) is 5.97. The highest BCUT2D eigenvalue weighted by Crippen LogP contribution is 2.11. The molecule has 2 N–H and O–H groups in total. The summed E-state index contributed by atoms with van der Waals surface area (Å²) < 4.78 is 17.2. The number of nitrogens with one attached hydrogen (secondary N) is 2. The van der Waals surface area contributed by atoms with E-state index in [9.17, 15) is 9.18 Å². The molecule has 1 aromatic heterocycles. The van der Waals surface area contributed by atoms with Gasteiger partial charge in [0, 0.05) is 6.54 Å². The Hall–Kier alpha value is -2.63. The Kier molecular flexibility index (Phi) is 4.49. The first kappa shape index (κ1) is 13.8. The maximum Gasteiger partial charge on any atom is 0.411 e. The molecule has 1 aromatic carbocycles. The molecule has 0 atom stereocenters. The van der Waals surface area contributed by atoms with Gasteiger partial charge in [-0.1, -0.05) is 12.1 Å². The normalized spacial score (nSPS) is 9.90. The second kappa shape index (κ2) is 6.51. The maximum atomic E-state index is 12.8. The predicted octanol–water partition coefficient (Wildman–Crippen LogP) is 3.01. The summed E-state index contributed by atoms with van der Waals surface area (Å²) in [7, 11) is 1.29. The van der Waals surface area contributed by atoms with Gasteiger partial charge in [-0.15, -0.1) is 0 Å². The number of nitrogens with zero attached hydrogens (tertiary/aromatic N) is 1. The molecule has 1 heterocycles. The summed E-state index contributed by atoms with van der Waals surface area (Å²) in [5.74, 6) is 0.398. The number of methoxy groups -OCH3 is 1. The summed E-state index contributed by atoms with van der Waals surface area (Å²) in [4.78, 5) is 15.1. The second-order valence-electron chi connectivity index (χ2n) is 4.03. The molecule has 0 aliphatic carbocycles. The van der Waals surface area contributed by atoms with E-state index in [-0.39, 0.29) is 5.82 Å². The number of anilines is 2. The molecule has 6 heteroatoms. The zero-order valence-corrected chi connectivity index (χ0v) is 10.9. The number of pyridine rings is 1. The predicted molar refractivity (Wildman–Crippen MR) is 74.0 cm³/mol. The van der Waals surface area contributed by atoms with Crippen LogP contribution in [0.2, 0.25) is 0 Å². The third-order valence-electron chi connectivity index (χ3n) is 2.58. The molecule has 0 radical (unpaired) electrons. The Morgan fingerprint density at radius 1 is 1.25 bits per heavy atom. The molecule has 0 aliphatic heterocycles. The van der Waals surface area contributed by atoms with Crippen molar-refractivity contribution in [3.8, 4) is 0 Å². The van der Waals surface area contributed by atoms with Crippen molar-refractivity contribution in [3.05, 3.63) is 54.0 Å². The van der Waals surface area contributed by atoms with E-state index in [1.165, 1.54) is 25.4 Å². The van der Waals surface area contributed by atoms with E-state index in [0.717, 1.165) is 5.56 Å². The van der Waals surface area contributed by atoms with Gasteiger partial charge in [0.25, 0.3) is 0 Å². The first-order chi connectivity index (χ1) is 9.67. The molecule has 2 rings (SSSR count). The molecule has 0 fully saturated rings. The van der Waals surface area contributed by atoms with Gasteiger partial charge < -0.3 is 10.1 Å². The van der Waals surface area contributed by atoms with Gasteiger partial charge in [-0.25, -0.2) is 14.2 Å². The van der Waals surface area contributed by atoms with E-state index in [1.807, 2.05) is 0 Å². The fourth-order valence-electron chi connectivity index (χ4n) is 1.54. The quantitative estimate of drug-likeness (QED) is 0.900. The molecule has 0 unspecified atom stereocenters. The van der Waals surface area contributed by atoms with Crippen LogP contribution in [0.5, 0.6) is 0 Å². The van der Waals surface area contributed by atoms with Crippen LogP contribution in [0.4, 0.5) is 20.7 Å². The highest BCUT2D eigenvalue weighted by molar-refractivity contribution is 5.84. The molecular formula is C14H14FN3O2. The second-order valence-corrected chi connectivity index (χ2v) is 4.03. The van der Waals surface area contributed by atoms with Gasteiger partial charge in [-0.3, -0.25) is 5.32 Å². The molecule has 1 amide bonds. The Morgan fingerprint density at radius 2 is 2.00 bits per heavy atom. The summed E-state index contributed by atoms with van der Waals surface area (Å²) in [5.41, 5.74) is 1.49. The number of carbonyl (C=O) groups is 1. The molecular weight excluding hydrogens is 261 g/mol. The summed E-state index contributed by atoms with van der Waals surface area (Å²) in [6.45, 7) is 0.539. The average Bonchev–Trinajstić information content (AvgIpc) is 2.48. The lowest BCUT2D eigenvalue weighted by Gasteiger charge is -2.07. The molecule has 0 saturated heterocycles. The molecule has 5 nitrogen and oxygen atoms in total. The van der Waals surface area contributed by atoms with Crippen molar-refractivity contribution in [3.63, 3.8) is 0 Å². The highest BCUT2D eigenvalue weighted by Gasteiger charge is 2.01. The van der Waals surface area contributed by atoms with Gasteiger partial charge in [-0.2, -0.15) is 0 Å². The lowest BCUT2D eigenvalue weighted by molar-refractivity contribution is 0.187. The van der Waals surface area contributed by atoms with Crippen molar-refractivity contribution in [2.45, 2.75) is 6.54 Å². The fraction of sp³-hybridized carbons (Fsp3) is 0.143. The van der Waals surface area contributed by atoms with E-state index in [2.05, 4.69) is 20.4 Å². The lowest BCUT2D eigenvalue weighted by atomic mass is 10.2. The SMILES string of the molecule is COC(=O)Nc1ccc(NCc2ccc(F)cc2)nc1. The Morgan fingerprint density at radius 3 is 2.60 bits per heavy atom. The van der Waals surface area contributed by atoms with Crippen LogP contribution < -0.4 is 10.6 Å². The minimum absolute atomic E-state index is 0.259. The van der Waals surface area contributed by atoms with Gasteiger partial charge in [0.2, 0.25) is 0 Å². The van der Waals surface area contributed by atoms with Gasteiger partial charge in [0.15, 0.2) is 0 Å². The number of rotatable bonds is 4. The zero-order valence-electron chi connectivity index (χ0n) is 10.9. The monoisotopic (exact) mass is 275 g/mol. The smallest absolute Gasteiger partial charge is 0.411 e. The third kappa shape index (κ3) is 3.94. The number of halogens is 1. The summed E-state index contributed by atoms with van der Waals surface area (Å²) >= 11 is 0. The molecule has 0 aliphatic rings. The van der Waals surface area contributed by atoms with E-state index < -0.39 is 6.09 Å². The topological polar surface area (TPSA) is 63.2 Å². The van der Waals surface area contributed by atoms with Crippen molar-refractivity contribution in [1.82, 2.24) is 4.98 Å². The third-order valence-corrected chi connectivity index (χ3v) is 2.58. The van der Waals surface area contributed by atoms with Crippen LogP contribution in [0, 0.1) is 5.82 Å². The fourth-order valence-corrected chi connectivity index (χ4v) is 1.54. The van der Waals surface area contributed by atoms with Crippen LogP contribution in [0.3, 0.4) is 0 Å². The van der Waals surface area contributed by atoms with E-state index in [4.69, 9.17) is 0 Å². The van der Waals surface area contributed by atoms with Crippen LogP contribution in [-0.2, 0) is 11.3 Å². The number of hydrogen-bond donors (Lipinski definition) is 2. The van der Waals surface area contributed by atoms with Crippen LogP contribution in [0.25, 0.3) is 0 Å².